The number of pyridine rings is 1. The lowest BCUT2D eigenvalue weighted by atomic mass is 10.1. The Morgan fingerprint density at radius 3 is 2.71 bits per heavy atom. The molecule has 0 spiro atoms. The summed E-state index contributed by atoms with van der Waals surface area (Å²) in [7, 11) is 0. The number of urea groups is 1. The third-order valence-corrected chi connectivity index (χ3v) is 4.27. The second-order valence-electron chi connectivity index (χ2n) is 6.28. The second kappa shape index (κ2) is 9.32. The standard InChI is InChI=1S/C19H22F2N4O3/c1-13(14-3-2-4-16(11-14)28-18(20)21)23-19(26)24-15-5-6-17(22-12-15)25-7-9-27-10-8-25/h2-6,11-13,18H,7-10H2,1H3,(H2,23,24,26)/t13-/m1/s1. The highest BCUT2D eigenvalue weighted by Gasteiger charge is 2.14. The molecule has 0 unspecified atom stereocenters. The van der Waals surface area contributed by atoms with Crippen molar-refractivity contribution in [1.29, 1.82) is 0 Å². The number of amides is 2. The number of anilines is 2. The van der Waals surface area contributed by atoms with Crippen LogP contribution in [0.2, 0.25) is 0 Å². The molecule has 2 amide bonds. The first-order chi connectivity index (χ1) is 13.5. The molecule has 0 radical (unpaired) electrons. The monoisotopic (exact) mass is 392 g/mol. The molecule has 0 saturated carbocycles. The van der Waals surface area contributed by atoms with Crippen LogP contribution in [-0.4, -0.2) is 43.9 Å². The number of nitrogens with zero attached hydrogens (tertiary/aromatic N) is 2. The van der Waals surface area contributed by atoms with Crippen molar-refractivity contribution in [3.63, 3.8) is 0 Å². The van der Waals surface area contributed by atoms with Gasteiger partial charge in [0.05, 0.1) is 31.1 Å². The average molecular weight is 392 g/mol. The van der Waals surface area contributed by atoms with Gasteiger partial charge < -0.3 is 25.0 Å². The Labute approximate surface area is 161 Å². The van der Waals surface area contributed by atoms with Crippen molar-refractivity contribution in [3.8, 4) is 5.75 Å². The van der Waals surface area contributed by atoms with Crippen LogP contribution in [0.4, 0.5) is 25.1 Å². The molecule has 150 valence electrons. The van der Waals surface area contributed by atoms with Gasteiger partial charge in [-0.05, 0) is 36.8 Å². The molecular formula is C19H22F2N4O3. The van der Waals surface area contributed by atoms with Crippen molar-refractivity contribution in [3.05, 3.63) is 48.2 Å². The zero-order valence-electron chi connectivity index (χ0n) is 15.4. The van der Waals surface area contributed by atoms with Gasteiger partial charge in [-0.1, -0.05) is 12.1 Å². The van der Waals surface area contributed by atoms with Gasteiger partial charge in [0.15, 0.2) is 0 Å². The van der Waals surface area contributed by atoms with Crippen LogP contribution in [0.25, 0.3) is 0 Å². The molecule has 1 atom stereocenters. The van der Waals surface area contributed by atoms with Crippen molar-refractivity contribution >= 4 is 17.5 Å². The van der Waals surface area contributed by atoms with E-state index in [0.717, 1.165) is 18.9 Å². The van der Waals surface area contributed by atoms with Crippen LogP contribution in [0.15, 0.2) is 42.6 Å². The predicted molar refractivity (Wildman–Crippen MR) is 101 cm³/mol. The fourth-order valence-electron chi connectivity index (χ4n) is 2.85. The van der Waals surface area contributed by atoms with E-state index in [0.29, 0.717) is 24.5 Å². The van der Waals surface area contributed by atoms with Crippen LogP contribution in [-0.2, 0) is 4.74 Å². The fourth-order valence-corrected chi connectivity index (χ4v) is 2.85. The Morgan fingerprint density at radius 1 is 1.25 bits per heavy atom. The Bertz CT molecular complexity index is 783. The third-order valence-electron chi connectivity index (χ3n) is 4.27. The highest BCUT2D eigenvalue weighted by molar-refractivity contribution is 5.89. The van der Waals surface area contributed by atoms with Crippen molar-refractivity contribution < 1.29 is 23.0 Å². The van der Waals surface area contributed by atoms with E-state index in [1.54, 1.807) is 31.3 Å². The number of ether oxygens (including phenoxy) is 2. The zero-order valence-corrected chi connectivity index (χ0v) is 15.4. The number of alkyl halides is 2. The van der Waals surface area contributed by atoms with Crippen molar-refractivity contribution in [1.82, 2.24) is 10.3 Å². The van der Waals surface area contributed by atoms with Crippen LogP contribution in [0, 0.1) is 0 Å². The van der Waals surface area contributed by atoms with E-state index < -0.39 is 18.7 Å². The molecule has 1 aromatic heterocycles. The largest absolute Gasteiger partial charge is 0.435 e. The summed E-state index contributed by atoms with van der Waals surface area (Å²) in [6.07, 6.45) is 1.59. The lowest BCUT2D eigenvalue weighted by molar-refractivity contribution is -0.0499. The summed E-state index contributed by atoms with van der Waals surface area (Å²) < 4.78 is 34.4. The Kier molecular flexibility index (Phi) is 6.59. The van der Waals surface area contributed by atoms with Gasteiger partial charge in [0, 0.05) is 13.1 Å². The molecule has 0 bridgehead atoms. The first-order valence-corrected chi connectivity index (χ1v) is 8.92. The average Bonchev–Trinajstić information content (AvgIpc) is 2.69. The molecule has 7 nitrogen and oxygen atoms in total. The first-order valence-electron chi connectivity index (χ1n) is 8.92. The van der Waals surface area contributed by atoms with Gasteiger partial charge in [0.25, 0.3) is 0 Å². The molecule has 9 heteroatoms. The highest BCUT2D eigenvalue weighted by Crippen LogP contribution is 2.21. The Morgan fingerprint density at radius 2 is 2.04 bits per heavy atom. The number of hydrogen-bond donors (Lipinski definition) is 2. The lowest BCUT2D eigenvalue weighted by Crippen LogP contribution is -2.36. The Hall–Kier alpha value is -2.94. The van der Waals surface area contributed by atoms with Crippen LogP contribution < -0.4 is 20.3 Å². The van der Waals surface area contributed by atoms with E-state index in [-0.39, 0.29) is 5.75 Å². The SMILES string of the molecule is C[C@@H](NC(=O)Nc1ccc(N2CCOCC2)nc1)c1cccc(OC(F)F)c1. The van der Waals surface area contributed by atoms with E-state index >= 15 is 0 Å². The molecule has 2 heterocycles. The number of morpholine rings is 1. The van der Waals surface area contributed by atoms with E-state index in [2.05, 4.69) is 25.3 Å². The van der Waals surface area contributed by atoms with Gasteiger partial charge in [0.2, 0.25) is 0 Å². The van der Waals surface area contributed by atoms with Gasteiger partial charge in [0.1, 0.15) is 11.6 Å². The van der Waals surface area contributed by atoms with Crippen LogP contribution in [0.1, 0.15) is 18.5 Å². The third kappa shape index (κ3) is 5.53. The number of carbonyl (C=O) groups excluding carboxylic acids is 1. The summed E-state index contributed by atoms with van der Waals surface area (Å²) >= 11 is 0. The number of halogens is 2. The quantitative estimate of drug-likeness (QED) is 0.788. The minimum Gasteiger partial charge on any atom is -0.435 e. The molecule has 3 rings (SSSR count). The Balaban J connectivity index is 1.54. The first kappa shape index (κ1) is 19.8. The van der Waals surface area contributed by atoms with Crippen molar-refractivity contribution in [2.45, 2.75) is 19.6 Å². The van der Waals surface area contributed by atoms with Gasteiger partial charge in [-0.3, -0.25) is 0 Å². The molecule has 2 N–H and O–H groups in total. The number of aromatic nitrogens is 1. The number of carbonyl (C=O) groups is 1. The maximum absolute atomic E-state index is 12.3. The van der Waals surface area contributed by atoms with E-state index in [9.17, 15) is 13.6 Å². The highest BCUT2D eigenvalue weighted by atomic mass is 19.3. The lowest BCUT2D eigenvalue weighted by Gasteiger charge is -2.27. The minimum atomic E-state index is -2.89. The van der Waals surface area contributed by atoms with Crippen LogP contribution >= 0.6 is 0 Å². The summed E-state index contributed by atoms with van der Waals surface area (Å²) in [4.78, 5) is 18.7. The van der Waals surface area contributed by atoms with E-state index in [1.165, 1.54) is 12.1 Å². The van der Waals surface area contributed by atoms with Crippen molar-refractivity contribution in [2.75, 3.05) is 36.5 Å². The molecule has 0 aliphatic carbocycles. The molecule has 2 aromatic rings. The molecule has 28 heavy (non-hydrogen) atoms. The van der Waals surface area contributed by atoms with Gasteiger partial charge in [-0.25, -0.2) is 9.78 Å². The molecule has 1 saturated heterocycles. The van der Waals surface area contributed by atoms with E-state index in [4.69, 9.17) is 4.74 Å². The maximum Gasteiger partial charge on any atom is 0.387 e. The maximum atomic E-state index is 12.3. The molecule has 1 fully saturated rings. The van der Waals surface area contributed by atoms with Crippen molar-refractivity contribution in [2.24, 2.45) is 0 Å². The number of benzene rings is 1. The minimum absolute atomic E-state index is 0.0458. The second-order valence-corrected chi connectivity index (χ2v) is 6.28. The summed E-state index contributed by atoms with van der Waals surface area (Å²) in [5.74, 6) is 0.878. The summed E-state index contributed by atoms with van der Waals surface area (Å²) in [5, 5.41) is 5.47. The summed E-state index contributed by atoms with van der Waals surface area (Å²) in [6.45, 7) is 1.77. The molecule has 1 aliphatic rings. The fraction of sp³-hybridized carbons (Fsp3) is 0.368. The zero-order chi connectivity index (χ0) is 19.9. The van der Waals surface area contributed by atoms with Gasteiger partial charge >= 0.3 is 12.6 Å². The van der Waals surface area contributed by atoms with E-state index in [1.807, 2.05) is 6.07 Å². The number of hydrogen-bond acceptors (Lipinski definition) is 5. The molecular weight excluding hydrogens is 370 g/mol. The predicted octanol–water partition coefficient (Wildman–Crippen LogP) is 3.40. The summed E-state index contributed by atoms with van der Waals surface area (Å²) in [6, 6.07) is 9.02. The number of nitrogens with one attached hydrogen (secondary N) is 2. The topological polar surface area (TPSA) is 75.7 Å². The smallest absolute Gasteiger partial charge is 0.387 e. The molecule has 1 aromatic carbocycles. The van der Waals surface area contributed by atoms with Crippen LogP contribution in [0.3, 0.4) is 0 Å². The number of rotatable bonds is 6. The summed E-state index contributed by atoms with van der Waals surface area (Å²) in [5.41, 5.74) is 1.20. The van der Waals surface area contributed by atoms with Crippen LogP contribution in [0.5, 0.6) is 5.75 Å². The molecule has 1 aliphatic heterocycles. The van der Waals surface area contributed by atoms with Gasteiger partial charge in [-0.15, -0.1) is 0 Å². The van der Waals surface area contributed by atoms with Gasteiger partial charge in [-0.2, -0.15) is 8.78 Å². The normalized spacial score (nSPS) is 15.2.